The average Bonchev–Trinajstić information content (AvgIpc) is 2.44. The molecule has 2 heterocycles. The summed E-state index contributed by atoms with van der Waals surface area (Å²) in [6.07, 6.45) is 3.48. The standard InChI is InChI=1S/C10H19NO2/c1-3-9-8(2)13-10(11-9)4-6-12-7-5-10/h8-9,11H,3-7H2,1-2H3/t8-,9+/m0/s1. The first-order valence-electron chi connectivity index (χ1n) is 5.29. The molecule has 0 amide bonds. The number of rotatable bonds is 1. The van der Waals surface area contributed by atoms with Gasteiger partial charge >= 0.3 is 0 Å². The minimum absolute atomic E-state index is 0.0572. The minimum Gasteiger partial charge on any atom is -0.381 e. The largest absolute Gasteiger partial charge is 0.381 e. The van der Waals surface area contributed by atoms with Crippen molar-refractivity contribution in [3.8, 4) is 0 Å². The van der Waals surface area contributed by atoms with Crippen molar-refractivity contribution >= 4 is 0 Å². The summed E-state index contributed by atoms with van der Waals surface area (Å²) in [6, 6.07) is 0.526. The lowest BCUT2D eigenvalue weighted by atomic mass is 10.0. The Morgan fingerprint density at radius 2 is 2.08 bits per heavy atom. The van der Waals surface area contributed by atoms with Gasteiger partial charge < -0.3 is 9.47 Å². The molecule has 76 valence electrons. The first-order valence-corrected chi connectivity index (χ1v) is 5.29. The van der Waals surface area contributed by atoms with E-state index in [1.807, 2.05) is 0 Å². The highest BCUT2D eigenvalue weighted by Gasteiger charge is 2.43. The third kappa shape index (κ3) is 1.73. The maximum absolute atomic E-state index is 6.00. The van der Waals surface area contributed by atoms with Crippen LogP contribution < -0.4 is 5.32 Å². The van der Waals surface area contributed by atoms with E-state index in [0.29, 0.717) is 12.1 Å². The van der Waals surface area contributed by atoms with Crippen LogP contribution >= 0.6 is 0 Å². The lowest BCUT2D eigenvalue weighted by Crippen LogP contribution is -2.48. The van der Waals surface area contributed by atoms with Crippen LogP contribution in [-0.4, -0.2) is 31.1 Å². The van der Waals surface area contributed by atoms with Gasteiger partial charge in [-0.25, -0.2) is 0 Å². The summed E-state index contributed by atoms with van der Waals surface area (Å²) < 4.78 is 11.3. The Labute approximate surface area is 79.8 Å². The van der Waals surface area contributed by atoms with Crippen LogP contribution in [0.4, 0.5) is 0 Å². The van der Waals surface area contributed by atoms with Gasteiger partial charge in [-0.1, -0.05) is 6.92 Å². The Hall–Kier alpha value is -0.120. The van der Waals surface area contributed by atoms with Crippen LogP contribution in [0.25, 0.3) is 0 Å². The van der Waals surface area contributed by atoms with Gasteiger partial charge in [0.05, 0.1) is 19.3 Å². The third-order valence-corrected chi connectivity index (χ3v) is 3.17. The lowest BCUT2D eigenvalue weighted by Gasteiger charge is -2.33. The van der Waals surface area contributed by atoms with Crippen LogP contribution in [0, 0.1) is 0 Å². The maximum atomic E-state index is 6.00. The Balaban J connectivity index is 2.01. The molecule has 2 fully saturated rings. The molecule has 0 radical (unpaired) electrons. The number of nitrogens with one attached hydrogen (secondary N) is 1. The van der Waals surface area contributed by atoms with Crippen LogP contribution in [0.2, 0.25) is 0 Å². The van der Waals surface area contributed by atoms with E-state index in [2.05, 4.69) is 19.2 Å². The Morgan fingerprint density at radius 1 is 1.38 bits per heavy atom. The van der Waals surface area contributed by atoms with Crippen LogP contribution in [0.5, 0.6) is 0 Å². The Morgan fingerprint density at radius 3 is 2.62 bits per heavy atom. The summed E-state index contributed by atoms with van der Waals surface area (Å²) in [5.41, 5.74) is -0.0572. The van der Waals surface area contributed by atoms with Crippen molar-refractivity contribution in [2.24, 2.45) is 0 Å². The van der Waals surface area contributed by atoms with Gasteiger partial charge in [-0.2, -0.15) is 0 Å². The second-order valence-corrected chi connectivity index (χ2v) is 4.09. The van der Waals surface area contributed by atoms with E-state index in [9.17, 15) is 0 Å². The second kappa shape index (κ2) is 3.56. The molecule has 13 heavy (non-hydrogen) atoms. The van der Waals surface area contributed by atoms with Gasteiger partial charge in [0.2, 0.25) is 0 Å². The summed E-state index contributed by atoms with van der Waals surface area (Å²) in [5, 5.41) is 3.60. The van der Waals surface area contributed by atoms with Gasteiger partial charge in [0.25, 0.3) is 0 Å². The van der Waals surface area contributed by atoms with Gasteiger partial charge in [-0.3, -0.25) is 5.32 Å². The van der Waals surface area contributed by atoms with E-state index in [1.165, 1.54) is 0 Å². The van der Waals surface area contributed by atoms with Crippen molar-refractivity contribution in [1.82, 2.24) is 5.32 Å². The van der Waals surface area contributed by atoms with Crippen molar-refractivity contribution in [3.05, 3.63) is 0 Å². The first kappa shape index (κ1) is 9.44. The normalized spacial score (nSPS) is 38.3. The zero-order valence-corrected chi connectivity index (χ0v) is 8.51. The van der Waals surface area contributed by atoms with Gasteiger partial charge in [0.1, 0.15) is 5.72 Å². The summed E-state index contributed by atoms with van der Waals surface area (Å²) in [7, 11) is 0. The zero-order chi connectivity index (χ0) is 9.31. The van der Waals surface area contributed by atoms with Crippen LogP contribution in [-0.2, 0) is 9.47 Å². The quantitative estimate of drug-likeness (QED) is 0.667. The maximum Gasteiger partial charge on any atom is 0.124 e. The first-order chi connectivity index (χ1) is 6.26. The molecule has 2 aliphatic rings. The summed E-state index contributed by atoms with van der Waals surface area (Å²) in [5.74, 6) is 0. The highest BCUT2D eigenvalue weighted by Crippen LogP contribution is 2.31. The smallest absolute Gasteiger partial charge is 0.124 e. The molecule has 1 N–H and O–H groups in total. The molecule has 0 aromatic heterocycles. The van der Waals surface area contributed by atoms with Gasteiger partial charge in [0.15, 0.2) is 0 Å². The second-order valence-electron chi connectivity index (χ2n) is 4.09. The van der Waals surface area contributed by atoms with E-state index in [-0.39, 0.29) is 5.72 Å². The molecule has 0 saturated carbocycles. The van der Waals surface area contributed by atoms with Crippen LogP contribution in [0.3, 0.4) is 0 Å². The molecule has 0 aromatic carbocycles. The van der Waals surface area contributed by atoms with Crippen LogP contribution in [0.1, 0.15) is 33.1 Å². The van der Waals surface area contributed by atoms with Crippen molar-refractivity contribution in [2.75, 3.05) is 13.2 Å². The minimum atomic E-state index is -0.0572. The number of hydrogen-bond donors (Lipinski definition) is 1. The monoisotopic (exact) mass is 185 g/mol. The molecule has 0 bridgehead atoms. The highest BCUT2D eigenvalue weighted by atomic mass is 16.5. The molecule has 0 aliphatic carbocycles. The van der Waals surface area contributed by atoms with Gasteiger partial charge in [0, 0.05) is 18.9 Å². The third-order valence-electron chi connectivity index (χ3n) is 3.17. The topological polar surface area (TPSA) is 30.5 Å². The predicted octanol–water partition coefficient (Wildman–Crippen LogP) is 1.28. The molecule has 1 spiro atoms. The fourth-order valence-corrected chi connectivity index (χ4v) is 2.32. The van der Waals surface area contributed by atoms with E-state index < -0.39 is 0 Å². The van der Waals surface area contributed by atoms with Crippen molar-refractivity contribution < 1.29 is 9.47 Å². The van der Waals surface area contributed by atoms with E-state index in [0.717, 1.165) is 32.5 Å². The lowest BCUT2D eigenvalue weighted by molar-refractivity contribution is -0.108. The zero-order valence-electron chi connectivity index (χ0n) is 8.51. The molecule has 2 saturated heterocycles. The van der Waals surface area contributed by atoms with Crippen molar-refractivity contribution in [1.29, 1.82) is 0 Å². The fourth-order valence-electron chi connectivity index (χ4n) is 2.32. The van der Waals surface area contributed by atoms with E-state index in [1.54, 1.807) is 0 Å². The molecule has 2 atom stereocenters. The SMILES string of the molecule is CC[C@H]1NC2(CCOCC2)O[C@H]1C. The molecule has 3 heteroatoms. The van der Waals surface area contributed by atoms with E-state index in [4.69, 9.17) is 9.47 Å². The van der Waals surface area contributed by atoms with Crippen molar-refractivity contribution in [2.45, 2.75) is 51.0 Å². The molecular formula is C10H19NO2. The molecule has 2 rings (SSSR count). The van der Waals surface area contributed by atoms with Gasteiger partial charge in [-0.05, 0) is 13.3 Å². The summed E-state index contributed by atoms with van der Waals surface area (Å²) in [6.45, 7) is 6.02. The Bertz CT molecular complexity index is 178. The molecule has 3 nitrogen and oxygen atoms in total. The molecule has 0 unspecified atom stereocenters. The van der Waals surface area contributed by atoms with Gasteiger partial charge in [-0.15, -0.1) is 0 Å². The average molecular weight is 185 g/mol. The highest BCUT2D eigenvalue weighted by molar-refractivity contribution is 4.93. The summed E-state index contributed by atoms with van der Waals surface area (Å²) >= 11 is 0. The van der Waals surface area contributed by atoms with Crippen LogP contribution in [0.15, 0.2) is 0 Å². The molecular weight excluding hydrogens is 166 g/mol. The van der Waals surface area contributed by atoms with E-state index >= 15 is 0 Å². The molecule has 0 aromatic rings. The Kier molecular flexibility index (Phi) is 2.58. The molecule has 2 aliphatic heterocycles. The van der Waals surface area contributed by atoms with Crippen molar-refractivity contribution in [3.63, 3.8) is 0 Å². The summed E-state index contributed by atoms with van der Waals surface area (Å²) in [4.78, 5) is 0. The number of ether oxygens (including phenoxy) is 2. The number of hydrogen-bond acceptors (Lipinski definition) is 3. The predicted molar refractivity (Wildman–Crippen MR) is 50.5 cm³/mol. The fraction of sp³-hybridized carbons (Fsp3) is 1.00.